The van der Waals surface area contributed by atoms with Crippen molar-refractivity contribution >= 4 is 12.1 Å². The molecule has 0 aliphatic carbocycles. The van der Waals surface area contributed by atoms with Gasteiger partial charge in [0, 0.05) is 0 Å². The van der Waals surface area contributed by atoms with Gasteiger partial charge in [0.2, 0.25) is 0 Å². The Morgan fingerprint density at radius 3 is 2.15 bits per heavy atom. The first-order valence-electron chi connectivity index (χ1n) is 3.02. The molecular formula is C5H4F3NO4. The molecular weight excluding hydrogens is 195 g/mol. The van der Waals surface area contributed by atoms with E-state index in [9.17, 15) is 22.8 Å². The van der Waals surface area contributed by atoms with Gasteiger partial charge in [0.05, 0.1) is 6.61 Å². The standard InChI is InChI=1S/C5H4F3NO4/c6-5(7,8)4(1-12-4)2(10)13-3(9)11/h1H2,(H2,9,11). The zero-order valence-corrected chi connectivity index (χ0v) is 6.05. The maximum absolute atomic E-state index is 12.0. The van der Waals surface area contributed by atoms with Crippen LogP contribution < -0.4 is 5.73 Å². The fraction of sp³-hybridized carbons (Fsp3) is 0.600. The van der Waals surface area contributed by atoms with Crippen LogP contribution in [0.2, 0.25) is 0 Å². The van der Waals surface area contributed by atoms with Gasteiger partial charge in [0.1, 0.15) is 0 Å². The number of amides is 1. The van der Waals surface area contributed by atoms with E-state index in [1.165, 1.54) is 0 Å². The van der Waals surface area contributed by atoms with Crippen molar-refractivity contribution in [2.45, 2.75) is 11.8 Å². The fourth-order valence-electron chi connectivity index (χ4n) is 0.643. The maximum Gasteiger partial charge on any atom is 0.430 e. The molecule has 0 radical (unpaired) electrons. The van der Waals surface area contributed by atoms with E-state index in [2.05, 4.69) is 15.2 Å². The van der Waals surface area contributed by atoms with Crippen LogP contribution >= 0.6 is 0 Å². The lowest BCUT2D eigenvalue weighted by Gasteiger charge is -2.12. The van der Waals surface area contributed by atoms with Crippen LogP contribution in [-0.4, -0.2) is 30.4 Å². The first kappa shape index (κ1) is 9.78. The van der Waals surface area contributed by atoms with Crippen LogP contribution in [0.5, 0.6) is 0 Å². The summed E-state index contributed by atoms with van der Waals surface area (Å²) in [7, 11) is 0. The van der Waals surface area contributed by atoms with Gasteiger partial charge in [0.15, 0.2) is 0 Å². The van der Waals surface area contributed by atoms with Crippen molar-refractivity contribution < 1.29 is 32.2 Å². The minimum Gasteiger partial charge on any atom is -0.374 e. The van der Waals surface area contributed by atoms with Crippen molar-refractivity contribution in [2.24, 2.45) is 5.73 Å². The van der Waals surface area contributed by atoms with Gasteiger partial charge in [-0.05, 0) is 0 Å². The number of primary amides is 1. The molecule has 0 saturated carbocycles. The number of alkyl halides is 3. The molecule has 1 heterocycles. The zero-order valence-electron chi connectivity index (χ0n) is 6.05. The number of carbonyl (C=O) groups excluding carboxylic acids is 2. The lowest BCUT2D eigenvalue weighted by molar-refractivity contribution is -0.199. The molecule has 1 saturated heterocycles. The molecule has 1 aliphatic heterocycles. The van der Waals surface area contributed by atoms with Gasteiger partial charge in [-0.3, -0.25) is 0 Å². The monoisotopic (exact) mass is 199 g/mol. The van der Waals surface area contributed by atoms with Crippen molar-refractivity contribution in [1.82, 2.24) is 0 Å². The van der Waals surface area contributed by atoms with Gasteiger partial charge in [0.25, 0.3) is 5.60 Å². The number of rotatable bonds is 1. The van der Waals surface area contributed by atoms with E-state index in [0.29, 0.717) is 0 Å². The number of epoxide rings is 1. The van der Waals surface area contributed by atoms with Crippen molar-refractivity contribution in [3.8, 4) is 0 Å². The average molecular weight is 199 g/mol. The van der Waals surface area contributed by atoms with Crippen molar-refractivity contribution in [1.29, 1.82) is 0 Å². The number of esters is 1. The van der Waals surface area contributed by atoms with E-state index in [1.807, 2.05) is 0 Å². The van der Waals surface area contributed by atoms with Crippen LogP contribution in [0.1, 0.15) is 0 Å². The SMILES string of the molecule is NC(=O)OC(=O)C1(C(F)(F)F)CO1. The third-order valence-corrected chi connectivity index (χ3v) is 1.41. The van der Waals surface area contributed by atoms with Crippen LogP contribution in [-0.2, 0) is 14.3 Å². The summed E-state index contributed by atoms with van der Waals surface area (Å²) in [5.74, 6) is -1.83. The first-order valence-corrected chi connectivity index (χ1v) is 3.02. The van der Waals surface area contributed by atoms with E-state index in [4.69, 9.17) is 0 Å². The molecule has 2 N–H and O–H groups in total. The first-order chi connectivity index (χ1) is 5.79. The topological polar surface area (TPSA) is 81.9 Å². The summed E-state index contributed by atoms with van der Waals surface area (Å²) >= 11 is 0. The molecule has 0 spiro atoms. The predicted molar refractivity (Wildman–Crippen MR) is 30.4 cm³/mol. The number of nitrogens with two attached hydrogens (primary N) is 1. The van der Waals surface area contributed by atoms with Crippen molar-refractivity contribution in [3.63, 3.8) is 0 Å². The summed E-state index contributed by atoms with van der Waals surface area (Å²) in [4.78, 5) is 20.6. The highest BCUT2D eigenvalue weighted by Crippen LogP contribution is 2.44. The van der Waals surface area contributed by atoms with Gasteiger partial charge in [-0.15, -0.1) is 0 Å². The third kappa shape index (κ3) is 1.57. The predicted octanol–water partition coefficient (Wildman–Crippen LogP) is -0.0604. The molecule has 5 nitrogen and oxygen atoms in total. The molecule has 1 aliphatic rings. The quantitative estimate of drug-likeness (QED) is 0.364. The van der Waals surface area contributed by atoms with Gasteiger partial charge in [-0.25, -0.2) is 9.59 Å². The molecule has 0 aromatic rings. The Labute approximate surface area is 69.6 Å². The van der Waals surface area contributed by atoms with Gasteiger partial charge in [-0.1, -0.05) is 0 Å². The second-order valence-corrected chi connectivity index (χ2v) is 2.32. The largest absolute Gasteiger partial charge is 0.430 e. The summed E-state index contributed by atoms with van der Waals surface area (Å²) in [6.07, 6.45) is -6.48. The molecule has 74 valence electrons. The summed E-state index contributed by atoms with van der Waals surface area (Å²) < 4.78 is 43.5. The van der Waals surface area contributed by atoms with Crippen LogP contribution in [0.15, 0.2) is 0 Å². The van der Waals surface area contributed by atoms with Crippen molar-refractivity contribution in [2.75, 3.05) is 6.61 Å². The minimum absolute atomic E-state index is 0.845. The van der Waals surface area contributed by atoms with E-state index < -0.39 is 30.4 Å². The number of hydrogen-bond acceptors (Lipinski definition) is 4. The van der Waals surface area contributed by atoms with E-state index in [-0.39, 0.29) is 0 Å². The Hall–Kier alpha value is -1.31. The number of ether oxygens (including phenoxy) is 2. The van der Waals surface area contributed by atoms with Crippen LogP contribution in [0, 0.1) is 0 Å². The highest BCUT2D eigenvalue weighted by Gasteiger charge is 2.73. The summed E-state index contributed by atoms with van der Waals surface area (Å²) in [5, 5.41) is 0. The molecule has 1 atom stereocenters. The smallest absolute Gasteiger partial charge is 0.374 e. The summed E-state index contributed by atoms with van der Waals surface area (Å²) in [6.45, 7) is -0.845. The molecule has 1 fully saturated rings. The van der Waals surface area contributed by atoms with Gasteiger partial charge < -0.3 is 15.2 Å². The third-order valence-electron chi connectivity index (χ3n) is 1.41. The Morgan fingerprint density at radius 1 is 1.46 bits per heavy atom. The molecule has 0 bridgehead atoms. The minimum atomic E-state index is -4.89. The molecule has 1 unspecified atom stereocenters. The van der Waals surface area contributed by atoms with Crippen LogP contribution in [0.4, 0.5) is 18.0 Å². The van der Waals surface area contributed by atoms with Crippen molar-refractivity contribution in [3.05, 3.63) is 0 Å². The number of carbonyl (C=O) groups is 2. The average Bonchev–Trinajstić information content (AvgIpc) is 2.60. The second kappa shape index (κ2) is 2.59. The fourth-order valence-corrected chi connectivity index (χ4v) is 0.643. The lowest BCUT2D eigenvalue weighted by atomic mass is 10.1. The number of hydrogen-bond donors (Lipinski definition) is 1. The van der Waals surface area contributed by atoms with Crippen LogP contribution in [0.3, 0.4) is 0 Å². The Balaban J connectivity index is 2.72. The highest BCUT2D eigenvalue weighted by atomic mass is 19.4. The molecule has 1 rings (SSSR count). The maximum atomic E-state index is 12.0. The van der Waals surface area contributed by atoms with E-state index in [1.54, 1.807) is 0 Å². The highest BCUT2D eigenvalue weighted by molar-refractivity contribution is 5.91. The second-order valence-electron chi connectivity index (χ2n) is 2.32. The molecule has 8 heteroatoms. The van der Waals surface area contributed by atoms with E-state index in [0.717, 1.165) is 0 Å². The molecule has 13 heavy (non-hydrogen) atoms. The molecule has 0 aromatic carbocycles. The van der Waals surface area contributed by atoms with Gasteiger partial charge >= 0.3 is 18.2 Å². The summed E-state index contributed by atoms with van der Waals surface area (Å²) in [6, 6.07) is 0. The summed E-state index contributed by atoms with van der Waals surface area (Å²) in [5.41, 5.74) is 1.37. The molecule has 0 aromatic heterocycles. The Morgan fingerprint density at radius 2 is 1.92 bits per heavy atom. The van der Waals surface area contributed by atoms with Gasteiger partial charge in [-0.2, -0.15) is 13.2 Å². The lowest BCUT2D eigenvalue weighted by Crippen LogP contribution is -2.43. The van der Waals surface area contributed by atoms with E-state index >= 15 is 0 Å². The Bertz CT molecular complexity index is 257. The van der Waals surface area contributed by atoms with Crippen LogP contribution in [0.25, 0.3) is 0 Å². The zero-order chi connectivity index (χ0) is 10.3. The normalized spacial score (nSPS) is 26.7. The molecule has 1 amide bonds. The Kier molecular flexibility index (Phi) is 1.95. The number of halogens is 3.